The number of amides is 2. The third-order valence-electron chi connectivity index (χ3n) is 3.84. The Morgan fingerprint density at radius 3 is 2.60 bits per heavy atom. The molecule has 1 aromatic carbocycles. The van der Waals surface area contributed by atoms with Gasteiger partial charge < -0.3 is 9.80 Å². The van der Waals surface area contributed by atoms with Crippen molar-refractivity contribution in [1.29, 1.82) is 0 Å². The molecule has 5 heteroatoms. The average Bonchev–Trinajstić information content (AvgIpc) is 2.42. The number of carbonyl (C=O) groups excluding carboxylic acids is 2. The molecule has 108 valence electrons. The zero-order valence-electron chi connectivity index (χ0n) is 12.0. The summed E-state index contributed by atoms with van der Waals surface area (Å²) >= 11 is 0. The number of carbonyl (C=O) groups is 2. The van der Waals surface area contributed by atoms with Crippen LogP contribution in [0.2, 0.25) is 0 Å². The summed E-state index contributed by atoms with van der Waals surface area (Å²) in [6, 6.07) is 5.80. The first-order valence-electron chi connectivity index (χ1n) is 6.64. The number of nitrogens with zero attached hydrogens (tertiary/aromatic N) is 2. The normalized spacial score (nSPS) is 22.8. The van der Waals surface area contributed by atoms with Crippen LogP contribution in [0.5, 0.6) is 0 Å². The molecule has 0 aromatic heterocycles. The molecule has 0 radical (unpaired) electrons. The standard InChI is InChI=1S/C15H19FN2O2/c1-17(2)15(20)11-8-9-13(19)18(3)14(11)10-6-4-5-7-12(10)16/h4-7,11,14H,8-9H2,1-3H3/t11-,14+/m0/s1. The second-order valence-electron chi connectivity index (χ2n) is 5.35. The van der Waals surface area contributed by atoms with Crippen LogP contribution in [-0.2, 0) is 9.59 Å². The second-order valence-corrected chi connectivity index (χ2v) is 5.35. The van der Waals surface area contributed by atoms with Crippen LogP contribution in [0.25, 0.3) is 0 Å². The van der Waals surface area contributed by atoms with Gasteiger partial charge in [0.2, 0.25) is 11.8 Å². The van der Waals surface area contributed by atoms with Crippen LogP contribution in [0.4, 0.5) is 4.39 Å². The zero-order chi connectivity index (χ0) is 14.9. The maximum Gasteiger partial charge on any atom is 0.227 e. The molecular formula is C15H19FN2O2. The van der Waals surface area contributed by atoms with Crippen molar-refractivity contribution in [2.75, 3.05) is 21.1 Å². The molecule has 1 aliphatic heterocycles. The number of hydrogen-bond donors (Lipinski definition) is 0. The van der Waals surface area contributed by atoms with Crippen molar-refractivity contribution in [2.24, 2.45) is 5.92 Å². The Hall–Kier alpha value is -1.91. The molecule has 1 saturated heterocycles. The predicted molar refractivity (Wildman–Crippen MR) is 73.3 cm³/mol. The molecule has 0 N–H and O–H groups in total. The highest BCUT2D eigenvalue weighted by Gasteiger charge is 2.40. The van der Waals surface area contributed by atoms with Crippen molar-refractivity contribution < 1.29 is 14.0 Å². The first kappa shape index (κ1) is 14.5. The topological polar surface area (TPSA) is 40.6 Å². The summed E-state index contributed by atoms with van der Waals surface area (Å²) in [6.07, 6.45) is 0.783. The molecule has 0 aliphatic carbocycles. The quantitative estimate of drug-likeness (QED) is 0.828. The highest BCUT2D eigenvalue weighted by Crippen LogP contribution is 2.37. The number of likely N-dealkylation sites (tertiary alicyclic amines) is 1. The molecule has 20 heavy (non-hydrogen) atoms. The number of benzene rings is 1. The summed E-state index contributed by atoms with van der Waals surface area (Å²) in [5, 5.41) is 0. The van der Waals surface area contributed by atoms with E-state index in [1.54, 1.807) is 39.3 Å². The Labute approximate surface area is 118 Å². The molecule has 0 unspecified atom stereocenters. The summed E-state index contributed by atoms with van der Waals surface area (Å²) in [4.78, 5) is 27.2. The van der Waals surface area contributed by atoms with Gasteiger partial charge in [0.25, 0.3) is 0 Å². The maximum absolute atomic E-state index is 14.0. The van der Waals surface area contributed by atoms with E-state index in [-0.39, 0.29) is 17.6 Å². The first-order valence-corrected chi connectivity index (χ1v) is 6.64. The SMILES string of the molecule is CN(C)C(=O)[C@H]1CCC(=O)N(C)[C@@H]1c1ccccc1F. The van der Waals surface area contributed by atoms with Gasteiger partial charge in [0.15, 0.2) is 0 Å². The van der Waals surface area contributed by atoms with E-state index >= 15 is 0 Å². The number of hydrogen-bond acceptors (Lipinski definition) is 2. The summed E-state index contributed by atoms with van der Waals surface area (Å²) in [5.74, 6) is -0.904. The van der Waals surface area contributed by atoms with E-state index in [4.69, 9.17) is 0 Å². The van der Waals surface area contributed by atoms with Gasteiger partial charge in [-0.1, -0.05) is 18.2 Å². The smallest absolute Gasteiger partial charge is 0.227 e. The minimum absolute atomic E-state index is 0.0546. The summed E-state index contributed by atoms with van der Waals surface area (Å²) < 4.78 is 14.0. The molecule has 2 rings (SSSR count). The maximum atomic E-state index is 14.0. The molecule has 2 amide bonds. The minimum atomic E-state index is -0.535. The van der Waals surface area contributed by atoms with Crippen LogP contribution >= 0.6 is 0 Å². The molecule has 1 aliphatic rings. The largest absolute Gasteiger partial charge is 0.349 e. The highest BCUT2D eigenvalue weighted by atomic mass is 19.1. The van der Waals surface area contributed by atoms with Gasteiger partial charge in [0.05, 0.1) is 12.0 Å². The van der Waals surface area contributed by atoms with Crippen LogP contribution in [0.15, 0.2) is 24.3 Å². The fourth-order valence-corrected chi connectivity index (χ4v) is 2.77. The molecule has 1 heterocycles. The van der Waals surface area contributed by atoms with Crippen LogP contribution in [0.1, 0.15) is 24.4 Å². The van der Waals surface area contributed by atoms with Crippen LogP contribution in [-0.4, -0.2) is 42.8 Å². The van der Waals surface area contributed by atoms with E-state index in [0.29, 0.717) is 18.4 Å². The van der Waals surface area contributed by atoms with E-state index < -0.39 is 12.0 Å². The van der Waals surface area contributed by atoms with E-state index in [9.17, 15) is 14.0 Å². The van der Waals surface area contributed by atoms with E-state index in [0.717, 1.165) is 0 Å². The van der Waals surface area contributed by atoms with Crippen molar-refractivity contribution in [3.63, 3.8) is 0 Å². The summed E-state index contributed by atoms with van der Waals surface area (Å²) in [5.41, 5.74) is 0.406. The Balaban J connectivity index is 2.44. The monoisotopic (exact) mass is 278 g/mol. The van der Waals surface area contributed by atoms with Gasteiger partial charge in [-0.05, 0) is 12.5 Å². The lowest BCUT2D eigenvalue weighted by Crippen LogP contribution is -2.46. The second kappa shape index (κ2) is 5.61. The Morgan fingerprint density at radius 2 is 2.00 bits per heavy atom. The first-order chi connectivity index (χ1) is 9.43. The Morgan fingerprint density at radius 1 is 1.35 bits per heavy atom. The predicted octanol–water partition coefficient (Wildman–Crippen LogP) is 1.82. The molecule has 0 bridgehead atoms. The van der Waals surface area contributed by atoms with Crippen molar-refractivity contribution >= 4 is 11.8 Å². The number of piperidine rings is 1. The number of rotatable bonds is 2. The molecule has 1 aromatic rings. The molecule has 0 spiro atoms. The molecular weight excluding hydrogens is 259 g/mol. The van der Waals surface area contributed by atoms with E-state index in [1.807, 2.05) is 0 Å². The third-order valence-corrected chi connectivity index (χ3v) is 3.84. The van der Waals surface area contributed by atoms with Gasteiger partial charge in [-0.15, -0.1) is 0 Å². The zero-order valence-corrected chi connectivity index (χ0v) is 12.0. The van der Waals surface area contributed by atoms with Crippen molar-refractivity contribution in [1.82, 2.24) is 9.80 Å². The summed E-state index contributed by atoms with van der Waals surface area (Å²) in [7, 11) is 4.99. The van der Waals surface area contributed by atoms with Crippen molar-refractivity contribution in [2.45, 2.75) is 18.9 Å². The lowest BCUT2D eigenvalue weighted by Gasteiger charge is -2.39. The minimum Gasteiger partial charge on any atom is -0.349 e. The van der Waals surface area contributed by atoms with Gasteiger partial charge in [-0.2, -0.15) is 0 Å². The van der Waals surface area contributed by atoms with Crippen LogP contribution < -0.4 is 0 Å². The Bertz CT molecular complexity index is 530. The van der Waals surface area contributed by atoms with E-state index in [1.165, 1.54) is 15.9 Å². The molecule has 2 atom stereocenters. The lowest BCUT2D eigenvalue weighted by atomic mass is 9.83. The van der Waals surface area contributed by atoms with Crippen molar-refractivity contribution in [3.8, 4) is 0 Å². The fourth-order valence-electron chi connectivity index (χ4n) is 2.77. The average molecular weight is 278 g/mol. The third kappa shape index (κ3) is 2.53. The van der Waals surface area contributed by atoms with Gasteiger partial charge in [0.1, 0.15) is 5.82 Å². The molecule has 1 fully saturated rings. The van der Waals surface area contributed by atoms with Gasteiger partial charge in [0, 0.05) is 33.1 Å². The van der Waals surface area contributed by atoms with Crippen LogP contribution in [0, 0.1) is 11.7 Å². The van der Waals surface area contributed by atoms with Gasteiger partial charge in [-0.3, -0.25) is 9.59 Å². The van der Waals surface area contributed by atoms with Crippen LogP contribution in [0.3, 0.4) is 0 Å². The van der Waals surface area contributed by atoms with Crippen molar-refractivity contribution in [3.05, 3.63) is 35.6 Å². The van der Waals surface area contributed by atoms with E-state index in [2.05, 4.69) is 0 Å². The number of halogens is 1. The summed E-state index contributed by atoms with van der Waals surface area (Å²) in [6.45, 7) is 0. The fraction of sp³-hybridized carbons (Fsp3) is 0.467. The lowest BCUT2D eigenvalue weighted by molar-refractivity contribution is -0.145. The van der Waals surface area contributed by atoms with Gasteiger partial charge in [-0.25, -0.2) is 4.39 Å². The highest BCUT2D eigenvalue weighted by molar-refractivity contribution is 5.84. The Kier molecular flexibility index (Phi) is 4.06. The molecule has 4 nitrogen and oxygen atoms in total. The molecule has 0 saturated carbocycles. The van der Waals surface area contributed by atoms with Gasteiger partial charge >= 0.3 is 0 Å².